The maximum atomic E-state index is 13.6. The average Bonchev–Trinajstić information content (AvgIpc) is 3.37. The van der Waals surface area contributed by atoms with E-state index in [1.807, 2.05) is 21.9 Å². The molecule has 3 aromatic rings. The van der Waals surface area contributed by atoms with Crippen LogP contribution >= 0.6 is 0 Å². The third-order valence-electron chi connectivity index (χ3n) is 7.00. The molecular formula is C26H27N5O4. The number of piperidine rings is 1. The van der Waals surface area contributed by atoms with Crippen LogP contribution in [0.15, 0.2) is 55.1 Å². The number of nitrogens with zero attached hydrogens (tertiary/aromatic N) is 4. The Kier molecular flexibility index (Phi) is 6.31. The van der Waals surface area contributed by atoms with Gasteiger partial charge in [0.15, 0.2) is 0 Å². The third-order valence-corrected chi connectivity index (χ3v) is 7.00. The van der Waals surface area contributed by atoms with Crippen molar-refractivity contribution in [2.45, 2.75) is 31.7 Å². The lowest BCUT2D eigenvalue weighted by Crippen LogP contribution is -2.47. The van der Waals surface area contributed by atoms with Gasteiger partial charge < -0.3 is 19.9 Å². The first kappa shape index (κ1) is 22.8. The Morgan fingerprint density at radius 2 is 1.86 bits per heavy atom. The van der Waals surface area contributed by atoms with Crippen molar-refractivity contribution >= 4 is 17.8 Å². The summed E-state index contributed by atoms with van der Waals surface area (Å²) in [7, 11) is 0. The Hall–Kier alpha value is -4.01. The second kappa shape index (κ2) is 9.69. The predicted octanol–water partition coefficient (Wildman–Crippen LogP) is 2.72. The molecule has 180 valence electrons. The normalized spacial score (nSPS) is 18.2. The number of hydrogen-bond donors (Lipinski definition) is 2. The fourth-order valence-electron chi connectivity index (χ4n) is 5.22. The number of aromatic carboxylic acids is 1. The summed E-state index contributed by atoms with van der Waals surface area (Å²) in [5.41, 5.74) is 3.25. The van der Waals surface area contributed by atoms with E-state index in [0.29, 0.717) is 38.0 Å². The summed E-state index contributed by atoms with van der Waals surface area (Å²) >= 11 is 0. The highest BCUT2D eigenvalue weighted by Crippen LogP contribution is 2.39. The van der Waals surface area contributed by atoms with Crippen LogP contribution in [0.2, 0.25) is 0 Å². The van der Waals surface area contributed by atoms with Crippen molar-refractivity contribution in [3.63, 3.8) is 0 Å². The Morgan fingerprint density at radius 3 is 2.60 bits per heavy atom. The number of likely N-dealkylation sites (tertiary alicyclic amines) is 1. The smallest absolute Gasteiger partial charge is 0.335 e. The van der Waals surface area contributed by atoms with Crippen LogP contribution in [0.25, 0.3) is 0 Å². The molecule has 2 amide bonds. The van der Waals surface area contributed by atoms with E-state index in [1.54, 1.807) is 30.9 Å². The summed E-state index contributed by atoms with van der Waals surface area (Å²) in [6.07, 6.45) is 7.59. The Labute approximate surface area is 202 Å². The van der Waals surface area contributed by atoms with Crippen LogP contribution < -0.4 is 0 Å². The first-order valence-corrected chi connectivity index (χ1v) is 11.8. The summed E-state index contributed by atoms with van der Waals surface area (Å²) < 4.78 is 0. The van der Waals surface area contributed by atoms with Gasteiger partial charge in [-0.2, -0.15) is 0 Å². The van der Waals surface area contributed by atoms with E-state index >= 15 is 0 Å². The van der Waals surface area contributed by atoms with Crippen LogP contribution in [0.3, 0.4) is 0 Å². The highest BCUT2D eigenvalue weighted by molar-refractivity contribution is 5.97. The van der Waals surface area contributed by atoms with Crippen LogP contribution in [0, 0.1) is 5.92 Å². The molecule has 4 heterocycles. The summed E-state index contributed by atoms with van der Waals surface area (Å²) in [6.45, 7) is 1.77. The van der Waals surface area contributed by atoms with Crippen LogP contribution in [0.4, 0.5) is 0 Å². The number of carbonyl (C=O) groups excluding carboxylic acids is 2. The van der Waals surface area contributed by atoms with E-state index in [1.165, 1.54) is 12.1 Å². The summed E-state index contributed by atoms with van der Waals surface area (Å²) in [4.78, 5) is 53.4. The van der Waals surface area contributed by atoms with Crippen molar-refractivity contribution < 1.29 is 19.5 Å². The van der Waals surface area contributed by atoms with Gasteiger partial charge in [-0.05, 0) is 48.6 Å². The lowest BCUT2D eigenvalue weighted by molar-refractivity contribution is -0.132. The molecule has 1 saturated heterocycles. The number of amides is 2. The molecule has 35 heavy (non-hydrogen) atoms. The van der Waals surface area contributed by atoms with Crippen LogP contribution in [-0.2, 0) is 17.6 Å². The van der Waals surface area contributed by atoms with Crippen LogP contribution in [0.1, 0.15) is 56.6 Å². The third kappa shape index (κ3) is 4.66. The maximum Gasteiger partial charge on any atom is 0.335 e. The molecule has 1 fully saturated rings. The highest BCUT2D eigenvalue weighted by atomic mass is 16.4. The van der Waals surface area contributed by atoms with Gasteiger partial charge in [0.2, 0.25) is 5.91 Å². The number of benzene rings is 1. The molecule has 1 aromatic carbocycles. The minimum atomic E-state index is -1.06. The number of aromatic nitrogens is 3. The number of aromatic amines is 1. The molecule has 0 spiro atoms. The van der Waals surface area contributed by atoms with Crippen molar-refractivity contribution in [2.24, 2.45) is 5.92 Å². The van der Waals surface area contributed by atoms with E-state index in [0.717, 1.165) is 29.8 Å². The zero-order valence-electron chi connectivity index (χ0n) is 19.3. The number of hydrogen-bond acceptors (Lipinski definition) is 5. The molecule has 2 N–H and O–H groups in total. The van der Waals surface area contributed by atoms with Gasteiger partial charge in [-0.3, -0.25) is 14.6 Å². The van der Waals surface area contributed by atoms with Crippen LogP contribution in [0.5, 0.6) is 0 Å². The summed E-state index contributed by atoms with van der Waals surface area (Å²) in [6, 6.07) is 9.69. The van der Waals surface area contributed by atoms with Gasteiger partial charge in [-0.1, -0.05) is 12.1 Å². The van der Waals surface area contributed by atoms with Crippen molar-refractivity contribution in [1.29, 1.82) is 0 Å². The SMILES string of the molecule is O=C(O)c1cccc(C(=O)N2CCc3[nH]cnc3C2C2CCN(C(=O)Cc3cccnc3)CC2)c1. The van der Waals surface area contributed by atoms with Crippen molar-refractivity contribution in [2.75, 3.05) is 19.6 Å². The maximum absolute atomic E-state index is 13.6. The standard InChI is InChI=1S/C26H27N5O4/c32-22(13-17-3-2-9-27-15-17)30-10-6-18(7-11-30)24-23-21(28-16-29-23)8-12-31(24)25(33)19-4-1-5-20(14-19)26(34)35/h1-5,9,14-16,18,24H,6-8,10-13H2,(H,28,29)(H,34,35). The fourth-order valence-corrected chi connectivity index (χ4v) is 5.22. The van der Waals surface area contributed by atoms with Gasteiger partial charge in [0.05, 0.1) is 30.0 Å². The van der Waals surface area contributed by atoms with E-state index < -0.39 is 5.97 Å². The van der Waals surface area contributed by atoms with E-state index in [9.17, 15) is 19.5 Å². The first-order chi connectivity index (χ1) is 17.0. The monoisotopic (exact) mass is 473 g/mol. The molecule has 0 saturated carbocycles. The largest absolute Gasteiger partial charge is 0.478 e. The number of H-pyrrole nitrogens is 1. The molecule has 5 rings (SSSR count). The molecular weight excluding hydrogens is 446 g/mol. The van der Waals surface area contributed by atoms with Gasteiger partial charge in [-0.25, -0.2) is 9.78 Å². The highest BCUT2D eigenvalue weighted by Gasteiger charge is 2.40. The van der Waals surface area contributed by atoms with E-state index in [2.05, 4.69) is 15.0 Å². The second-order valence-electron chi connectivity index (χ2n) is 9.10. The Bertz CT molecular complexity index is 1230. The zero-order valence-corrected chi connectivity index (χ0v) is 19.3. The second-order valence-corrected chi connectivity index (χ2v) is 9.10. The van der Waals surface area contributed by atoms with Gasteiger partial charge in [0, 0.05) is 49.7 Å². The lowest BCUT2D eigenvalue weighted by Gasteiger charge is -2.43. The molecule has 9 nitrogen and oxygen atoms in total. The topological polar surface area (TPSA) is 119 Å². The van der Waals surface area contributed by atoms with Gasteiger partial charge >= 0.3 is 5.97 Å². The molecule has 2 aliphatic heterocycles. The number of carboxylic acids is 1. The molecule has 2 aromatic heterocycles. The number of imidazole rings is 1. The average molecular weight is 474 g/mol. The van der Waals surface area contributed by atoms with Crippen LogP contribution in [-0.4, -0.2) is 67.3 Å². The first-order valence-electron chi connectivity index (χ1n) is 11.8. The quantitative estimate of drug-likeness (QED) is 0.588. The minimum Gasteiger partial charge on any atom is -0.478 e. The predicted molar refractivity (Wildman–Crippen MR) is 127 cm³/mol. The van der Waals surface area contributed by atoms with Gasteiger partial charge in [0.25, 0.3) is 5.91 Å². The fraction of sp³-hybridized carbons (Fsp3) is 0.346. The van der Waals surface area contributed by atoms with E-state index in [-0.39, 0.29) is 29.3 Å². The zero-order chi connectivity index (χ0) is 24.4. The molecule has 1 atom stereocenters. The number of rotatable bonds is 5. The summed E-state index contributed by atoms with van der Waals surface area (Å²) in [5.74, 6) is -1.03. The minimum absolute atomic E-state index is 0.0824. The molecule has 1 unspecified atom stereocenters. The van der Waals surface area contributed by atoms with E-state index in [4.69, 9.17) is 0 Å². The van der Waals surface area contributed by atoms with Crippen molar-refractivity contribution in [3.05, 3.63) is 83.2 Å². The molecule has 9 heteroatoms. The van der Waals surface area contributed by atoms with Crippen molar-refractivity contribution in [1.82, 2.24) is 24.8 Å². The number of carbonyl (C=O) groups is 3. The van der Waals surface area contributed by atoms with Crippen molar-refractivity contribution in [3.8, 4) is 0 Å². The molecule has 0 aliphatic carbocycles. The number of fused-ring (bicyclic) bond motifs is 1. The summed E-state index contributed by atoms with van der Waals surface area (Å²) in [5, 5.41) is 9.35. The molecule has 0 bridgehead atoms. The molecule has 2 aliphatic rings. The number of nitrogens with one attached hydrogen (secondary N) is 1. The number of pyridine rings is 1. The molecule has 0 radical (unpaired) electrons. The van der Waals surface area contributed by atoms with Gasteiger partial charge in [0.1, 0.15) is 0 Å². The van der Waals surface area contributed by atoms with Gasteiger partial charge in [-0.15, -0.1) is 0 Å². The number of carboxylic acid groups (broad SMARTS) is 1. The Morgan fingerprint density at radius 1 is 1.06 bits per heavy atom. The lowest BCUT2D eigenvalue weighted by atomic mass is 9.83. The Balaban J connectivity index is 1.33.